The molecule has 0 radical (unpaired) electrons. The van der Waals surface area contributed by atoms with Crippen molar-refractivity contribution in [3.63, 3.8) is 0 Å². The third kappa shape index (κ3) is 3.54. The van der Waals surface area contributed by atoms with Crippen LogP contribution in [0.25, 0.3) is 0 Å². The fraction of sp³-hybridized carbons (Fsp3) is 0.294. The molecule has 0 saturated heterocycles. The van der Waals surface area contributed by atoms with Gasteiger partial charge < -0.3 is 10.1 Å². The van der Waals surface area contributed by atoms with Gasteiger partial charge in [0.15, 0.2) is 0 Å². The Bertz CT molecular complexity index is 583. The van der Waals surface area contributed by atoms with Gasteiger partial charge in [-0.1, -0.05) is 35.0 Å². The number of hydrogen-bond acceptors (Lipinski definition) is 2. The smallest absolute Gasteiger partial charge is 0.121 e. The Labute approximate surface area is 129 Å². The number of nitrogens with one attached hydrogen (secondary N) is 1. The highest BCUT2D eigenvalue weighted by atomic mass is 79.9. The van der Waals surface area contributed by atoms with Gasteiger partial charge in [-0.25, -0.2) is 0 Å². The van der Waals surface area contributed by atoms with Crippen molar-refractivity contribution in [3.8, 4) is 5.75 Å². The molecule has 106 valence electrons. The van der Waals surface area contributed by atoms with E-state index < -0.39 is 0 Å². The minimum atomic E-state index is 0.306. The number of benzene rings is 2. The van der Waals surface area contributed by atoms with Crippen LogP contribution in [0.1, 0.15) is 30.5 Å². The molecule has 0 aliphatic rings. The first-order valence-corrected chi connectivity index (χ1v) is 7.60. The lowest BCUT2D eigenvalue weighted by atomic mass is 10.0. The highest BCUT2D eigenvalue weighted by Crippen LogP contribution is 2.27. The second-order valence-electron chi connectivity index (χ2n) is 4.84. The summed E-state index contributed by atoms with van der Waals surface area (Å²) in [5.74, 6) is 0.922. The molecule has 0 amide bonds. The first-order valence-electron chi connectivity index (χ1n) is 6.80. The summed E-state index contributed by atoms with van der Waals surface area (Å²) in [6.07, 6.45) is 1.03. The number of hydrogen-bond donors (Lipinski definition) is 1. The monoisotopic (exact) mass is 333 g/mol. The van der Waals surface area contributed by atoms with Crippen LogP contribution in [0.15, 0.2) is 46.9 Å². The normalized spacial score (nSPS) is 12.0. The summed E-state index contributed by atoms with van der Waals surface area (Å²) in [4.78, 5) is 0. The number of ether oxygens (including phenoxy) is 1. The highest BCUT2D eigenvalue weighted by Gasteiger charge is 2.10. The van der Waals surface area contributed by atoms with Gasteiger partial charge in [0, 0.05) is 10.2 Å². The van der Waals surface area contributed by atoms with Crippen molar-refractivity contribution in [2.75, 3.05) is 12.4 Å². The largest absolute Gasteiger partial charge is 0.496 e. The molecular weight excluding hydrogens is 314 g/mol. The standard InChI is InChI=1S/C17H20BrNO/c1-4-16(13-6-5-7-14(18)11-13)19-15-8-9-17(20-3)12(2)10-15/h5-11,16,19H,4H2,1-3H3. The van der Waals surface area contributed by atoms with Gasteiger partial charge in [0.1, 0.15) is 5.75 Å². The van der Waals surface area contributed by atoms with E-state index in [1.165, 1.54) is 5.56 Å². The summed E-state index contributed by atoms with van der Waals surface area (Å²) < 4.78 is 6.41. The fourth-order valence-electron chi connectivity index (χ4n) is 2.31. The molecule has 0 fully saturated rings. The molecule has 0 saturated carbocycles. The van der Waals surface area contributed by atoms with Crippen molar-refractivity contribution < 1.29 is 4.74 Å². The third-order valence-corrected chi connectivity index (χ3v) is 3.89. The van der Waals surface area contributed by atoms with Gasteiger partial charge in [-0.15, -0.1) is 0 Å². The molecule has 3 heteroatoms. The number of methoxy groups -OCH3 is 1. The second kappa shape index (κ2) is 6.80. The molecule has 2 nitrogen and oxygen atoms in total. The van der Waals surface area contributed by atoms with Crippen LogP contribution >= 0.6 is 15.9 Å². The Morgan fingerprint density at radius 2 is 2.00 bits per heavy atom. The van der Waals surface area contributed by atoms with Gasteiger partial charge >= 0.3 is 0 Å². The van der Waals surface area contributed by atoms with Crippen LogP contribution in [0.2, 0.25) is 0 Å². The van der Waals surface area contributed by atoms with Crippen LogP contribution in [-0.4, -0.2) is 7.11 Å². The molecule has 0 aliphatic carbocycles. The minimum Gasteiger partial charge on any atom is -0.496 e. The zero-order valence-corrected chi connectivity index (χ0v) is 13.7. The summed E-state index contributed by atoms with van der Waals surface area (Å²) in [5, 5.41) is 3.59. The zero-order chi connectivity index (χ0) is 14.5. The van der Waals surface area contributed by atoms with Crippen LogP contribution in [0, 0.1) is 6.92 Å². The second-order valence-corrected chi connectivity index (χ2v) is 5.76. The molecule has 0 bridgehead atoms. The molecule has 2 aromatic rings. The van der Waals surface area contributed by atoms with E-state index in [1.54, 1.807) is 7.11 Å². The SMILES string of the molecule is CCC(Nc1ccc(OC)c(C)c1)c1cccc(Br)c1. The Morgan fingerprint density at radius 3 is 2.60 bits per heavy atom. The quantitative estimate of drug-likeness (QED) is 0.798. The van der Waals surface area contributed by atoms with E-state index in [1.807, 2.05) is 12.1 Å². The Balaban J connectivity index is 2.20. The van der Waals surface area contributed by atoms with Crippen molar-refractivity contribution >= 4 is 21.6 Å². The number of halogens is 1. The lowest BCUT2D eigenvalue weighted by Crippen LogP contribution is -2.09. The van der Waals surface area contributed by atoms with E-state index in [4.69, 9.17) is 4.74 Å². The van der Waals surface area contributed by atoms with Gasteiger partial charge in [-0.05, 0) is 54.8 Å². The highest BCUT2D eigenvalue weighted by molar-refractivity contribution is 9.10. The molecule has 0 spiro atoms. The van der Waals surface area contributed by atoms with Crippen LogP contribution in [0.4, 0.5) is 5.69 Å². The topological polar surface area (TPSA) is 21.3 Å². The Kier molecular flexibility index (Phi) is 5.07. The Hall–Kier alpha value is -1.48. The van der Waals surface area contributed by atoms with Crippen molar-refractivity contribution in [2.45, 2.75) is 26.3 Å². The van der Waals surface area contributed by atoms with Crippen LogP contribution in [-0.2, 0) is 0 Å². The molecule has 1 N–H and O–H groups in total. The molecule has 0 heterocycles. The van der Waals surface area contributed by atoms with Crippen molar-refractivity contribution in [2.24, 2.45) is 0 Å². The lowest BCUT2D eigenvalue weighted by Gasteiger charge is -2.20. The number of aryl methyl sites for hydroxylation is 1. The van der Waals surface area contributed by atoms with Crippen LogP contribution in [0.3, 0.4) is 0 Å². The predicted octanol–water partition coefficient (Wildman–Crippen LogP) is 5.33. The molecule has 20 heavy (non-hydrogen) atoms. The van der Waals surface area contributed by atoms with Gasteiger partial charge in [-0.3, -0.25) is 0 Å². The van der Waals surface area contributed by atoms with Gasteiger partial charge in [0.05, 0.1) is 13.2 Å². The van der Waals surface area contributed by atoms with E-state index in [0.717, 1.165) is 27.9 Å². The first kappa shape index (κ1) is 14.9. The molecule has 1 atom stereocenters. The summed E-state index contributed by atoms with van der Waals surface area (Å²) in [5.41, 5.74) is 3.55. The molecule has 0 aromatic heterocycles. The summed E-state index contributed by atoms with van der Waals surface area (Å²) >= 11 is 3.53. The number of anilines is 1. The van der Waals surface area contributed by atoms with Gasteiger partial charge in [-0.2, -0.15) is 0 Å². The Morgan fingerprint density at radius 1 is 1.20 bits per heavy atom. The van der Waals surface area contributed by atoms with E-state index in [9.17, 15) is 0 Å². The maximum absolute atomic E-state index is 5.30. The zero-order valence-electron chi connectivity index (χ0n) is 12.1. The molecule has 0 aliphatic heterocycles. The third-order valence-electron chi connectivity index (χ3n) is 3.40. The summed E-state index contributed by atoms with van der Waals surface area (Å²) in [7, 11) is 1.70. The number of rotatable bonds is 5. The van der Waals surface area contributed by atoms with Crippen molar-refractivity contribution in [1.29, 1.82) is 0 Å². The van der Waals surface area contributed by atoms with Gasteiger partial charge in [0.2, 0.25) is 0 Å². The van der Waals surface area contributed by atoms with Crippen molar-refractivity contribution in [1.82, 2.24) is 0 Å². The predicted molar refractivity (Wildman–Crippen MR) is 88.5 cm³/mol. The van der Waals surface area contributed by atoms with Crippen molar-refractivity contribution in [3.05, 3.63) is 58.1 Å². The lowest BCUT2D eigenvalue weighted by molar-refractivity contribution is 0.412. The molecule has 2 rings (SSSR count). The first-order chi connectivity index (χ1) is 9.63. The van der Waals surface area contributed by atoms with Gasteiger partial charge in [0.25, 0.3) is 0 Å². The summed E-state index contributed by atoms with van der Waals surface area (Å²) in [6.45, 7) is 4.25. The fourth-order valence-corrected chi connectivity index (χ4v) is 2.73. The van der Waals surface area contributed by atoms with Crippen LogP contribution < -0.4 is 10.1 Å². The summed E-state index contributed by atoms with van der Waals surface area (Å²) in [6, 6.07) is 14.9. The molecule has 2 aromatic carbocycles. The minimum absolute atomic E-state index is 0.306. The van der Waals surface area contributed by atoms with Crippen LogP contribution in [0.5, 0.6) is 5.75 Å². The van der Waals surface area contributed by atoms with E-state index in [-0.39, 0.29) is 0 Å². The molecular formula is C17H20BrNO. The van der Waals surface area contributed by atoms with E-state index >= 15 is 0 Å². The van der Waals surface area contributed by atoms with E-state index in [0.29, 0.717) is 6.04 Å². The molecule has 1 unspecified atom stereocenters. The van der Waals surface area contributed by atoms with E-state index in [2.05, 4.69) is 65.4 Å². The average molecular weight is 334 g/mol. The maximum Gasteiger partial charge on any atom is 0.121 e. The average Bonchev–Trinajstić information content (AvgIpc) is 2.45. The maximum atomic E-state index is 5.30.